The number of nitrogens with zero attached hydrogens (tertiary/aromatic N) is 1. The van der Waals surface area contributed by atoms with E-state index in [2.05, 4.69) is 10.3 Å². The molecule has 10 nitrogen and oxygen atoms in total. The first-order valence-electron chi connectivity index (χ1n) is 13.8. The first-order valence-corrected chi connectivity index (χ1v) is 15.7. The third kappa shape index (κ3) is 7.80. The zero-order valence-corrected chi connectivity index (χ0v) is 25.2. The molecule has 4 atom stereocenters. The lowest BCUT2D eigenvalue weighted by molar-refractivity contribution is 0.0140. The maximum atomic E-state index is 14.0. The molecule has 3 aromatic rings. The highest BCUT2D eigenvalue weighted by atomic mass is 32.2. The highest BCUT2D eigenvalue weighted by molar-refractivity contribution is 7.86. The SMILES string of the molecule is CCC1CN(C(=O)OC(C)(C)C)C(C(CNC(=O)OCc2ccccc2)c2c[nH]c3cc(F)ccc23)C1OS(C)(=O)=O. The van der Waals surface area contributed by atoms with E-state index in [1.807, 2.05) is 37.3 Å². The molecule has 0 saturated carbocycles. The summed E-state index contributed by atoms with van der Waals surface area (Å²) in [6, 6.07) is 12.6. The smallest absolute Gasteiger partial charge is 0.410 e. The Balaban J connectivity index is 1.73. The first kappa shape index (κ1) is 31.3. The second kappa shape index (κ2) is 12.7. The Hall–Kier alpha value is -3.64. The van der Waals surface area contributed by atoms with Crippen molar-refractivity contribution in [2.75, 3.05) is 19.3 Å². The molecule has 4 rings (SSSR count). The monoisotopic (exact) mass is 603 g/mol. The van der Waals surface area contributed by atoms with Gasteiger partial charge in [0.05, 0.1) is 12.3 Å². The van der Waals surface area contributed by atoms with E-state index >= 15 is 0 Å². The summed E-state index contributed by atoms with van der Waals surface area (Å²) in [7, 11) is -3.94. The van der Waals surface area contributed by atoms with Crippen molar-refractivity contribution in [1.29, 1.82) is 0 Å². The van der Waals surface area contributed by atoms with Gasteiger partial charge < -0.3 is 24.7 Å². The third-order valence-electron chi connectivity index (χ3n) is 7.20. The Bertz CT molecular complexity index is 1500. The average molecular weight is 604 g/mol. The number of carbonyl (C=O) groups is 2. The molecule has 12 heteroatoms. The molecule has 0 radical (unpaired) electrons. The van der Waals surface area contributed by atoms with Gasteiger partial charge in [-0.25, -0.2) is 14.0 Å². The first-order chi connectivity index (χ1) is 19.8. The second-order valence-corrected chi connectivity index (χ2v) is 13.1. The number of hydrogen-bond donors (Lipinski definition) is 2. The fraction of sp³-hybridized carbons (Fsp3) is 0.467. The van der Waals surface area contributed by atoms with Gasteiger partial charge in [0.1, 0.15) is 24.1 Å². The number of alkyl carbamates (subject to hydrolysis) is 1. The van der Waals surface area contributed by atoms with E-state index in [1.54, 1.807) is 33.0 Å². The van der Waals surface area contributed by atoms with E-state index in [-0.39, 0.29) is 25.6 Å². The van der Waals surface area contributed by atoms with Crippen molar-refractivity contribution in [2.24, 2.45) is 5.92 Å². The maximum Gasteiger partial charge on any atom is 0.410 e. The lowest BCUT2D eigenvalue weighted by Crippen LogP contribution is -2.49. The summed E-state index contributed by atoms with van der Waals surface area (Å²) < 4.78 is 55.7. The molecular weight excluding hydrogens is 565 g/mol. The molecule has 0 spiro atoms. The van der Waals surface area contributed by atoms with Gasteiger partial charge in [-0.05, 0) is 56.5 Å². The Morgan fingerprint density at radius 3 is 2.52 bits per heavy atom. The Labute approximate surface area is 245 Å². The number of aromatic nitrogens is 1. The summed E-state index contributed by atoms with van der Waals surface area (Å²) in [5, 5.41) is 3.44. The van der Waals surface area contributed by atoms with E-state index in [0.29, 0.717) is 22.9 Å². The van der Waals surface area contributed by atoms with Crippen molar-refractivity contribution in [3.05, 3.63) is 71.7 Å². The summed E-state index contributed by atoms with van der Waals surface area (Å²) in [5.74, 6) is -1.47. The van der Waals surface area contributed by atoms with Crippen LogP contribution in [0.4, 0.5) is 14.0 Å². The number of amides is 2. The molecule has 2 N–H and O–H groups in total. The van der Waals surface area contributed by atoms with Crippen LogP contribution in [-0.2, 0) is 30.4 Å². The highest BCUT2D eigenvalue weighted by Gasteiger charge is 2.51. The molecular formula is C30H38FN3O7S. The molecule has 1 fully saturated rings. The predicted molar refractivity (Wildman–Crippen MR) is 156 cm³/mol. The van der Waals surface area contributed by atoms with E-state index < -0.39 is 51.8 Å². The minimum atomic E-state index is -3.94. The summed E-state index contributed by atoms with van der Waals surface area (Å²) in [6.07, 6.45) is 0.909. The summed E-state index contributed by atoms with van der Waals surface area (Å²) >= 11 is 0. The average Bonchev–Trinajstić information content (AvgIpc) is 3.48. The fourth-order valence-electron chi connectivity index (χ4n) is 5.41. The van der Waals surface area contributed by atoms with E-state index in [0.717, 1.165) is 11.8 Å². The van der Waals surface area contributed by atoms with Gasteiger partial charge in [-0.1, -0.05) is 37.3 Å². The van der Waals surface area contributed by atoms with Gasteiger partial charge in [0.25, 0.3) is 10.1 Å². The Morgan fingerprint density at radius 2 is 1.88 bits per heavy atom. The molecule has 2 heterocycles. The third-order valence-corrected chi connectivity index (χ3v) is 7.77. The lowest BCUT2D eigenvalue weighted by atomic mass is 9.85. The van der Waals surface area contributed by atoms with Gasteiger partial charge in [-0.15, -0.1) is 0 Å². The molecule has 1 aliphatic rings. The van der Waals surface area contributed by atoms with E-state index in [4.69, 9.17) is 13.7 Å². The maximum absolute atomic E-state index is 14.0. The van der Waals surface area contributed by atoms with Crippen molar-refractivity contribution in [3.63, 3.8) is 0 Å². The molecule has 42 heavy (non-hydrogen) atoms. The van der Waals surface area contributed by atoms with Gasteiger partial charge in [-0.3, -0.25) is 4.18 Å². The summed E-state index contributed by atoms with van der Waals surface area (Å²) in [4.78, 5) is 30.9. The number of H-pyrrole nitrogens is 1. The van der Waals surface area contributed by atoms with Gasteiger partial charge in [0.2, 0.25) is 0 Å². The van der Waals surface area contributed by atoms with E-state index in [9.17, 15) is 22.4 Å². The number of carbonyl (C=O) groups excluding carboxylic acids is 2. The zero-order chi connectivity index (χ0) is 30.7. The van der Waals surface area contributed by atoms with Crippen LogP contribution in [0.2, 0.25) is 0 Å². The molecule has 2 amide bonds. The van der Waals surface area contributed by atoms with Crippen molar-refractivity contribution in [1.82, 2.24) is 15.2 Å². The number of aromatic amines is 1. The Morgan fingerprint density at radius 1 is 1.17 bits per heavy atom. The van der Waals surface area contributed by atoms with Crippen molar-refractivity contribution < 1.29 is 36.1 Å². The minimum Gasteiger partial charge on any atom is -0.445 e. The number of likely N-dealkylation sites (tertiary alicyclic amines) is 1. The van der Waals surface area contributed by atoms with Crippen LogP contribution in [0.1, 0.15) is 51.2 Å². The molecule has 1 aliphatic heterocycles. The Kier molecular flexibility index (Phi) is 9.47. The van der Waals surface area contributed by atoms with Gasteiger partial charge in [0, 0.05) is 42.0 Å². The summed E-state index contributed by atoms with van der Waals surface area (Å²) in [5.41, 5.74) is 1.15. The zero-order valence-electron chi connectivity index (χ0n) is 24.4. The predicted octanol–water partition coefficient (Wildman–Crippen LogP) is 5.31. The number of ether oxygens (including phenoxy) is 2. The normalized spacial score (nSPS) is 20.0. The van der Waals surface area contributed by atoms with Gasteiger partial charge in [0.15, 0.2) is 0 Å². The molecule has 1 aromatic heterocycles. The van der Waals surface area contributed by atoms with Crippen LogP contribution >= 0.6 is 0 Å². The number of halogens is 1. The van der Waals surface area contributed by atoms with Crippen LogP contribution in [0.5, 0.6) is 0 Å². The van der Waals surface area contributed by atoms with Crippen LogP contribution < -0.4 is 5.32 Å². The standard InChI is InChI=1S/C30H38FN3O7S/c1-6-20-17-34(29(36)40-30(2,3)4)26(27(20)41-42(5,37)38)24(23-15-32-25-14-21(31)12-13-22(23)25)16-33-28(35)39-18-19-10-8-7-9-11-19/h7-15,20,24,26-27,32H,6,16-18H2,1-5H3,(H,33,35). The van der Waals surface area contributed by atoms with E-state index in [1.165, 1.54) is 17.0 Å². The van der Waals surface area contributed by atoms with Crippen molar-refractivity contribution in [3.8, 4) is 0 Å². The largest absolute Gasteiger partial charge is 0.445 e. The number of hydrogen-bond acceptors (Lipinski definition) is 7. The number of fused-ring (bicyclic) bond motifs is 1. The fourth-order valence-corrected chi connectivity index (χ4v) is 6.08. The highest BCUT2D eigenvalue weighted by Crippen LogP contribution is 2.41. The quantitative estimate of drug-likeness (QED) is 0.318. The van der Waals surface area contributed by atoms with Gasteiger partial charge in [-0.2, -0.15) is 8.42 Å². The number of rotatable bonds is 9. The van der Waals surface area contributed by atoms with Gasteiger partial charge >= 0.3 is 12.2 Å². The molecule has 228 valence electrons. The molecule has 2 aromatic carbocycles. The summed E-state index contributed by atoms with van der Waals surface area (Å²) in [6.45, 7) is 7.32. The lowest BCUT2D eigenvalue weighted by Gasteiger charge is -2.35. The minimum absolute atomic E-state index is 0.0397. The molecule has 1 saturated heterocycles. The molecule has 0 bridgehead atoms. The second-order valence-electron chi connectivity index (χ2n) is 11.5. The number of benzene rings is 2. The molecule has 0 aliphatic carbocycles. The van der Waals surface area contributed by atoms with Crippen LogP contribution in [-0.4, -0.2) is 67.6 Å². The topological polar surface area (TPSA) is 127 Å². The van der Waals surface area contributed by atoms with Crippen LogP contribution in [0.3, 0.4) is 0 Å². The molecule has 4 unspecified atom stereocenters. The van der Waals surface area contributed by atoms with Crippen LogP contribution in [0, 0.1) is 11.7 Å². The van der Waals surface area contributed by atoms with Crippen molar-refractivity contribution in [2.45, 2.75) is 64.4 Å². The number of nitrogens with one attached hydrogen (secondary N) is 2. The van der Waals surface area contributed by atoms with Crippen LogP contribution in [0.15, 0.2) is 54.7 Å². The van der Waals surface area contributed by atoms with Crippen LogP contribution in [0.25, 0.3) is 10.9 Å². The van der Waals surface area contributed by atoms with Crippen molar-refractivity contribution >= 4 is 33.2 Å².